The topological polar surface area (TPSA) is 55.3 Å². The van der Waals surface area contributed by atoms with Gasteiger partial charge >= 0.3 is 6.01 Å². The van der Waals surface area contributed by atoms with Crippen LogP contribution in [-0.2, 0) is 0 Å². The smallest absolute Gasteiger partial charge is 0.318 e. The standard InChI is InChI=1S/C19H23N3O2/c1-13-4-6-15(7-5-13)18(23)16-8-10-22(11-9-16)17-12-14(2)20-19(21-17)24-3/h4-7,12,16H,8-11H2,1-3H3. The summed E-state index contributed by atoms with van der Waals surface area (Å²) in [6.07, 6.45) is 1.69. The second-order valence-electron chi connectivity index (χ2n) is 6.35. The first-order valence-electron chi connectivity index (χ1n) is 8.32. The Morgan fingerprint density at radius 2 is 1.79 bits per heavy atom. The fourth-order valence-electron chi connectivity index (χ4n) is 3.10. The van der Waals surface area contributed by atoms with Crippen molar-refractivity contribution in [3.05, 3.63) is 47.2 Å². The fraction of sp³-hybridized carbons (Fsp3) is 0.421. The number of piperidine rings is 1. The van der Waals surface area contributed by atoms with Crippen LogP contribution in [0.3, 0.4) is 0 Å². The van der Waals surface area contributed by atoms with Crippen LogP contribution in [0.2, 0.25) is 0 Å². The number of ether oxygens (including phenoxy) is 1. The Morgan fingerprint density at radius 3 is 2.42 bits per heavy atom. The molecule has 1 saturated heterocycles. The molecule has 1 aromatic carbocycles. The van der Waals surface area contributed by atoms with Gasteiger partial charge in [-0.3, -0.25) is 4.79 Å². The zero-order chi connectivity index (χ0) is 17.1. The summed E-state index contributed by atoms with van der Waals surface area (Å²) in [5, 5.41) is 0. The second kappa shape index (κ2) is 6.99. The predicted octanol–water partition coefficient (Wildman–Crippen LogP) is 3.20. The van der Waals surface area contributed by atoms with E-state index in [1.54, 1.807) is 7.11 Å². The predicted molar refractivity (Wildman–Crippen MR) is 93.8 cm³/mol. The maximum absolute atomic E-state index is 12.6. The van der Waals surface area contributed by atoms with Crippen LogP contribution >= 0.6 is 0 Å². The summed E-state index contributed by atoms with van der Waals surface area (Å²) >= 11 is 0. The third-order valence-corrected chi connectivity index (χ3v) is 4.53. The third-order valence-electron chi connectivity index (χ3n) is 4.53. The first kappa shape index (κ1) is 16.4. The van der Waals surface area contributed by atoms with Crippen LogP contribution in [-0.4, -0.2) is 36.0 Å². The van der Waals surface area contributed by atoms with Crippen molar-refractivity contribution in [2.75, 3.05) is 25.1 Å². The molecule has 0 radical (unpaired) electrons. The number of aromatic nitrogens is 2. The summed E-state index contributed by atoms with van der Waals surface area (Å²) in [4.78, 5) is 23.5. The Kier molecular flexibility index (Phi) is 4.79. The van der Waals surface area contributed by atoms with E-state index in [0.717, 1.165) is 43.0 Å². The van der Waals surface area contributed by atoms with E-state index < -0.39 is 0 Å². The number of hydrogen-bond acceptors (Lipinski definition) is 5. The highest BCUT2D eigenvalue weighted by atomic mass is 16.5. The minimum Gasteiger partial charge on any atom is -0.467 e. The van der Waals surface area contributed by atoms with Gasteiger partial charge < -0.3 is 9.64 Å². The molecule has 0 spiro atoms. The molecule has 1 fully saturated rings. The summed E-state index contributed by atoms with van der Waals surface area (Å²) in [6, 6.07) is 10.2. The van der Waals surface area contributed by atoms with E-state index in [0.29, 0.717) is 6.01 Å². The molecule has 126 valence electrons. The van der Waals surface area contributed by atoms with Crippen LogP contribution in [0.1, 0.15) is 34.5 Å². The van der Waals surface area contributed by atoms with E-state index in [4.69, 9.17) is 4.74 Å². The Balaban J connectivity index is 1.66. The highest BCUT2D eigenvalue weighted by Crippen LogP contribution is 2.26. The molecular weight excluding hydrogens is 302 g/mol. The molecule has 0 saturated carbocycles. The normalized spacial score (nSPS) is 15.4. The number of hydrogen-bond donors (Lipinski definition) is 0. The zero-order valence-corrected chi connectivity index (χ0v) is 14.5. The molecule has 1 aliphatic rings. The van der Waals surface area contributed by atoms with Gasteiger partial charge in [-0.05, 0) is 26.7 Å². The number of nitrogens with zero attached hydrogens (tertiary/aromatic N) is 3. The van der Waals surface area contributed by atoms with E-state index in [-0.39, 0.29) is 11.7 Å². The maximum atomic E-state index is 12.6. The summed E-state index contributed by atoms with van der Waals surface area (Å²) in [6.45, 7) is 5.61. The number of ketones is 1. The summed E-state index contributed by atoms with van der Waals surface area (Å²) in [5.74, 6) is 1.22. The lowest BCUT2D eigenvalue weighted by Crippen LogP contribution is -2.37. The molecule has 24 heavy (non-hydrogen) atoms. The van der Waals surface area contributed by atoms with Crippen molar-refractivity contribution in [2.45, 2.75) is 26.7 Å². The van der Waals surface area contributed by atoms with Gasteiger partial charge in [-0.25, -0.2) is 4.98 Å². The van der Waals surface area contributed by atoms with Crippen LogP contribution in [0, 0.1) is 19.8 Å². The number of rotatable bonds is 4. The average molecular weight is 325 g/mol. The second-order valence-corrected chi connectivity index (χ2v) is 6.35. The monoisotopic (exact) mass is 325 g/mol. The van der Waals surface area contributed by atoms with Gasteiger partial charge in [0.25, 0.3) is 0 Å². The van der Waals surface area contributed by atoms with Gasteiger partial charge in [0.1, 0.15) is 5.82 Å². The van der Waals surface area contributed by atoms with Gasteiger partial charge in [0.15, 0.2) is 5.78 Å². The largest absolute Gasteiger partial charge is 0.467 e. The number of aryl methyl sites for hydroxylation is 2. The lowest BCUT2D eigenvalue weighted by molar-refractivity contribution is 0.0900. The van der Waals surface area contributed by atoms with E-state index >= 15 is 0 Å². The van der Waals surface area contributed by atoms with Gasteiger partial charge in [-0.2, -0.15) is 4.98 Å². The van der Waals surface area contributed by atoms with E-state index in [2.05, 4.69) is 14.9 Å². The van der Waals surface area contributed by atoms with Crippen molar-refractivity contribution in [3.63, 3.8) is 0 Å². The Morgan fingerprint density at radius 1 is 1.12 bits per heavy atom. The van der Waals surface area contributed by atoms with Crippen LogP contribution in [0.15, 0.2) is 30.3 Å². The van der Waals surface area contributed by atoms with Gasteiger partial charge in [-0.1, -0.05) is 29.8 Å². The van der Waals surface area contributed by atoms with Crippen molar-refractivity contribution in [3.8, 4) is 6.01 Å². The molecule has 0 aliphatic carbocycles. The molecule has 2 heterocycles. The molecule has 5 heteroatoms. The van der Waals surface area contributed by atoms with Crippen molar-refractivity contribution in [2.24, 2.45) is 5.92 Å². The first-order chi connectivity index (χ1) is 11.6. The molecule has 0 N–H and O–H groups in total. The van der Waals surface area contributed by atoms with Crippen LogP contribution in [0.25, 0.3) is 0 Å². The van der Waals surface area contributed by atoms with Crippen molar-refractivity contribution in [1.29, 1.82) is 0 Å². The molecule has 1 aromatic heterocycles. The number of carbonyl (C=O) groups excluding carboxylic acids is 1. The van der Waals surface area contributed by atoms with Crippen molar-refractivity contribution < 1.29 is 9.53 Å². The number of carbonyl (C=O) groups is 1. The molecule has 0 unspecified atom stereocenters. The molecule has 0 amide bonds. The van der Waals surface area contributed by atoms with Gasteiger partial charge in [-0.15, -0.1) is 0 Å². The SMILES string of the molecule is COc1nc(C)cc(N2CCC(C(=O)c3ccc(C)cc3)CC2)n1. The Hall–Kier alpha value is -2.43. The Labute approximate surface area is 142 Å². The summed E-state index contributed by atoms with van der Waals surface area (Å²) < 4.78 is 5.15. The van der Waals surface area contributed by atoms with Gasteiger partial charge in [0.2, 0.25) is 0 Å². The minimum absolute atomic E-state index is 0.0915. The molecular formula is C19H23N3O2. The highest BCUT2D eigenvalue weighted by molar-refractivity contribution is 5.98. The molecule has 0 bridgehead atoms. The minimum atomic E-state index is 0.0915. The molecule has 1 aliphatic heterocycles. The van der Waals surface area contributed by atoms with E-state index in [1.165, 1.54) is 5.56 Å². The lowest BCUT2D eigenvalue weighted by Gasteiger charge is -2.32. The third kappa shape index (κ3) is 3.55. The summed E-state index contributed by atoms with van der Waals surface area (Å²) in [5.41, 5.74) is 2.88. The molecule has 5 nitrogen and oxygen atoms in total. The molecule has 0 atom stereocenters. The van der Waals surface area contributed by atoms with Gasteiger partial charge in [0.05, 0.1) is 7.11 Å². The number of methoxy groups -OCH3 is 1. The molecule has 3 rings (SSSR count). The van der Waals surface area contributed by atoms with Crippen molar-refractivity contribution >= 4 is 11.6 Å². The first-order valence-corrected chi connectivity index (χ1v) is 8.32. The average Bonchev–Trinajstić information content (AvgIpc) is 2.61. The molecule has 2 aromatic rings. The number of anilines is 1. The van der Waals surface area contributed by atoms with Crippen LogP contribution in [0.5, 0.6) is 6.01 Å². The van der Waals surface area contributed by atoms with Crippen LogP contribution in [0.4, 0.5) is 5.82 Å². The fourth-order valence-corrected chi connectivity index (χ4v) is 3.10. The zero-order valence-electron chi connectivity index (χ0n) is 14.5. The van der Waals surface area contributed by atoms with Gasteiger partial charge in [0, 0.05) is 36.3 Å². The maximum Gasteiger partial charge on any atom is 0.318 e. The van der Waals surface area contributed by atoms with Crippen LogP contribution < -0.4 is 9.64 Å². The van der Waals surface area contributed by atoms with E-state index in [1.807, 2.05) is 44.2 Å². The quantitative estimate of drug-likeness (QED) is 0.808. The number of Topliss-reactive ketones (excluding diaryl/α,β-unsaturated/α-hetero) is 1. The summed E-state index contributed by atoms with van der Waals surface area (Å²) in [7, 11) is 1.57. The Bertz CT molecular complexity index is 720. The van der Waals surface area contributed by atoms with Crippen molar-refractivity contribution in [1.82, 2.24) is 9.97 Å². The highest BCUT2D eigenvalue weighted by Gasteiger charge is 2.26. The lowest BCUT2D eigenvalue weighted by atomic mass is 9.88. The van der Waals surface area contributed by atoms with E-state index in [9.17, 15) is 4.79 Å². The number of benzene rings is 1.